The quantitative estimate of drug-likeness (QED) is 0.908. The molecule has 2 saturated heterocycles. The third-order valence-electron chi connectivity index (χ3n) is 4.25. The summed E-state index contributed by atoms with van der Waals surface area (Å²) in [4.78, 5) is 11.4. The van der Waals surface area contributed by atoms with Crippen molar-refractivity contribution >= 4 is 5.82 Å². The number of aryl methyl sites for hydroxylation is 1. The topological polar surface area (TPSA) is 59.5 Å². The molecular weight excluding hydrogens is 268 g/mol. The Morgan fingerprint density at radius 2 is 2.05 bits per heavy atom. The Morgan fingerprint density at radius 3 is 2.81 bits per heavy atom. The summed E-state index contributed by atoms with van der Waals surface area (Å²) in [6.45, 7) is 6.35. The van der Waals surface area contributed by atoms with Crippen LogP contribution in [0.2, 0.25) is 0 Å². The first-order valence-corrected chi connectivity index (χ1v) is 7.73. The van der Waals surface area contributed by atoms with Crippen LogP contribution in [-0.2, 0) is 9.47 Å². The summed E-state index contributed by atoms with van der Waals surface area (Å²) in [5, 5.41) is 3.09. The Morgan fingerprint density at radius 1 is 1.24 bits per heavy atom. The fraction of sp³-hybridized carbons (Fsp3) is 0.733. The van der Waals surface area contributed by atoms with Crippen molar-refractivity contribution in [2.45, 2.75) is 31.9 Å². The van der Waals surface area contributed by atoms with Crippen LogP contribution in [0, 0.1) is 6.92 Å². The van der Waals surface area contributed by atoms with Crippen LogP contribution in [0.25, 0.3) is 0 Å². The lowest BCUT2D eigenvalue weighted by Crippen LogP contribution is -2.47. The summed E-state index contributed by atoms with van der Waals surface area (Å²) in [7, 11) is 1.88. The molecule has 1 aromatic heterocycles. The van der Waals surface area contributed by atoms with Crippen molar-refractivity contribution in [1.82, 2.24) is 14.9 Å². The van der Waals surface area contributed by atoms with E-state index in [-0.39, 0.29) is 6.10 Å². The number of anilines is 1. The van der Waals surface area contributed by atoms with Gasteiger partial charge in [-0.1, -0.05) is 0 Å². The fourth-order valence-corrected chi connectivity index (χ4v) is 3.11. The van der Waals surface area contributed by atoms with Crippen LogP contribution < -0.4 is 5.32 Å². The van der Waals surface area contributed by atoms with Crippen LogP contribution in [0.1, 0.15) is 30.5 Å². The van der Waals surface area contributed by atoms with Crippen LogP contribution in [0.4, 0.5) is 5.82 Å². The number of aromatic nitrogens is 2. The van der Waals surface area contributed by atoms with Gasteiger partial charge < -0.3 is 14.8 Å². The Hall–Kier alpha value is -1.24. The molecule has 3 heterocycles. The summed E-state index contributed by atoms with van der Waals surface area (Å²) in [6.07, 6.45) is 2.28. The standard InChI is InChI=1S/C15H24N4O2/c1-11-17-13(9-15(16-2)18-11)14-10-19(5-8-21-14)12-3-6-20-7-4-12/h9,12,14H,3-8,10H2,1-2H3,(H,16,17,18)/t14-/m1/s1. The summed E-state index contributed by atoms with van der Waals surface area (Å²) in [6, 6.07) is 2.61. The van der Waals surface area contributed by atoms with Gasteiger partial charge in [0.15, 0.2) is 0 Å². The minimum Gasteiger partial charge on any atom is -0.381 e. The van der Waals surface area contributed by atoms with Crippen LogP contribution in [0.15, 0.2) is 6.07 Å². The van der Waals surface area contributed by atoms with Crippen molar-refractivity contribution in [2.75, 3.05) is 45.3 Å². The number of hydrogen-bond donors (Lipinski definition) is 1. The second-order valence-electron chi connectivity index (χ2n) is 5.67. The van der Waals surface area contributed by atoms with Crippen molar-refractivity contribution in [3.63, 3.8) is 0 Å². The lowest BCUT2D eigenvalue weighted by Gasteiger charge is -2.39. The van der Waals surface area contributed by atoms with E-state index in [2.05, 4.69) is 20.2 Å². The summed E-state index contributed by atoms with van der Waals surface area (Å²) in [5.74, 6) is 1.63. The van der Waals surface area contributed by atoms with Crippen molar-refractivity contribution < 1.29 is 9.47 Å². The molecule has 0 radical (unpaired) electrons. The van der Waals surface area contributed by atoms with Gasteiger partial charge >= 0.3 is 0 Å². The summed E-state index contributed by atoms with van der Waals surface area (Å²) < 4.78 is 11.4. The first-order valence-electron chi connectivity index (χ1n) is 7.73. The molecule has 0 aromatic carbocycles. The van der Waals surface area contributed by atoms with Crippen molar-refractivity contribution in [3.05, 3.63) is 17.6 Å². The zero-order chi connectivity index (χ0) is 14.7. The molecule has 6 nitrogen and oxygen atoms in total. The molecular formula is C15H24N4O2. The molecule has 0 unspecified atom stereocenters. The van der Waals surface area contributed by atoms with Crippen LogP contribution in [0.5, 0.6) is 0 Å². The average molecular weight is 292 g/mol. The van der Waals surface area contributed by atoms with Gasteiger partial charge in [-0.05, 0) is 19.8 Å². The van der Waals surface area contributed by atoms with Gasteiger partial charge in [0.25, 0.3) is 0 Å². The molecule has 0 aliphatic carbocycles. The van der Waals surface area contributed by atoms with E-state index in [0.717, 1.165) is 63.1 Å². The van der Waals surface area contributed by atoms with E-state index in [0.29, 0.717) is 6.04 Å². The zero-order valence-electron chi connectivity index (χ0n) is 12.8. The van der Waals surface area contributed by atoms with Gasteiger partial charge in [-0.15, -0.1) is 0 Å². The van der Waals surface area contributed by atoms with E-state index in [1.807, 2.05) is 20.0 Å². The molecule has 0 bridgehead atoms. The molecule has 0 saturated carbocycles. The third kappa shape index (κ3) is 3.51. The predicted octanol–water partition coefficient (Wildman–Crippen LogP) is 1.38. The van der Waals surface area contributed by atoms with E-state index in [4.69, 9.17) is 9.47 Å². The highest BCUT2D eigenvalue weighted by atomic mass is 16.5. The van der Waals surface area contributed by atoms with Crippen molar-refractivity contribution in [1.29, 1.82) is 0 Å². The van der Waals surface area contributed by atoms with Crippen molar-refractivity contribution in [2.24, 2.45) is 0 Å². The molecule has 1 atom stereocenters. The smallest absolute Gasteiger partial charge is 0.129 e. The normalized spacial score (nSPS) is 25.0. The van der Waals surface area contributed by atoms with Gasteiger partial charge in [-0.25, -0.2) is 9.97 Å². The number of nitrogens with one attached hydrogen (secondary N) is 1. The number of nitrogens with zero attached hydrogens (tertiary/aromatic N) is 3. The van der Waals surface area contributed by atoms with E-state index in [1.54, 1.807) is 0 Å². The maximum atomic E-state index is 5.95. The number of ether oxygens (including phenoxy) is 2. The molecule has 116 valence electrons. The van der Waals surface area contributed by atoms with Gasteiger partial charge in [0.2, 0.25) is 0 Å². The second-order valence-corrected chi connectivity index (χ2v) is 5.67. The largest absolute Gasteiger partial charge is 0.381 e. The average Bonchev–Trinajstić information content (AvgIpc) is 2.55. The molecule has 1 aromatic rings. The van der Waals surface area contributed by atoms with E-state index in [9.17, 15) is 0 Å². The highest BCUT2D eigenvalue weighted by Crippen LogP contribution is 2.26. The molecule has 0 amide bonds. The highest BCUT2D eigenvalue weighted by molar-refractivity contribution is 5.35. The van der Waals surface area contributed by atoms with Crippen LogP contribution >= 0.6 is 0 Å². The minimum atomic E-state index is 0.0374. The molecule has 1 N–H and O–H groups in total. The predicted molar refractivity (Wildman–Crippen MR) is 80.4 cm³/mol. The minimum absolute atomic E-state index is 0.0374. The monoisotopic (exact) mass is 292 g/mol. The van der Waals surface area contributed by atoms with Gasteiger partial charge in [0.05, 0.1) is 12.3 Å². The molecule has 21 heavy (non-hydrogen) atoms. The molecule has 2 aliphatic rings. The van der Waals surface area contributed by atoms with Gasteiger partial charge in [-0.2, -0.15) is 0 Å². The van der Waals surface area contributed by atoms with Crippen molar-refractivity contribution in [3.8, 4) is 0 Å². The Labute approximate surface area is 125 Å². The summed E-state index contributed by atoms with van der Waals surface area (Å²) in [5.41, 5.74) is 0.976. The molecule has 2 aliphatic heterocycles. The highest BCUT2D eigenvalue weighted by Gasteiger charge is 2.29. The van der Waals surface area contributed by atoms with E-state index in [1.165, 1.54) is 0 Å². The first kappa shape index (κ1) is 14.7. The number of morpholine rings is 1. The van der Waals surface area contributed by atoms with Gasteiger partial charge in [-0.3, -0.25) is 4.90 Å². The summed E-state index contributed by atoms with van der Waals surface area (Å²) >= 11 is 0. The maximum absolute atomic E-state index is 5.95. The Kier molecular flexibility index (Phi) is 4.67. The molecule has 6 heteroatoms. The lowest BCUT2D eigenvalue weighted by atomic mass is 10.0. The first-order chi connectivity index (χ1) is 10.3. The number of rotatable bonds is 3. The fourth-order valence-electron chi connectivity index (χ4n) is 3.11. The van der Waals surface area contributed by atoms with E-state index >= 15 is 0 Å². The van der Waals surface area contributed by atoms with E-state index < -0.39 is 0 Å². The molecule has 0 spiro atoms. The maximum Gasteiger partial charge on any atom is 0.129 e. The molecule has 3 rings (SSSR count). The van der Waals surface area contributed by atoms with Gasteiger partial charge in [0, 0.05) is 45.5 Å². The SMILES string of the molecule is CNc1cc([C@H]2CN(C3CCOCC3)CCO2)nc(C)n1. The van der Waals surface area contributed by atoms with Crippen LogP contribution in [-0.4, -0.2) is 60.9 Å². The van der Waals surface area contributed by atoms with Crippen LogP contribution in [0.3, 0.4) is 0 Å². The molecule has 2 fully saturated rings. The Bertz CT molecular complexity index is 477. The zero-order valence-corrected chi connectivity index (χ0v) is 12.8. The Balaban J connectivity index is 1.71. The lowest BCUT2D eigenvalue weighted by molar-refractivity contribution is -0.0647. The second kappa shape index (κ2) is 6.68. The third-order valence-corrected chi connectivity index (χ3v) is 4.25. The van der Waals surface area contributed by atoms with Gasteiger partial charge in [0.1, 0.15) is 17.7 Å². The number of hydrogen-bond acceptors (Lipinski definition) is 6.